The maximum absolute atomic E-state index is 12.4. The van der Waals surface area contributed by atoms with E-state index in [1.54, 1.807) is 0 Å². The van der Waals surface area contributed by atoms with Gasteiger partial charge in [-0.25, -0.2) is 0 Å². The lowest BCUT2D eigenvalue weighted by Gasteiger charge is -2.10. The first-order valence-corrected chi connectivity index (χ1v) is 3.71. The molecule has 0 bridgehead atoms. The Morgan fingerprint density at radius 2 is 2.07 bits per heavy atom. The van der Waals surface area contributed by atoms with Crippen LogP contribution in [-0.2, 0) is 6.18 Å². The minimum absolute atomic E-state index is 0.208. The van der Waals surface area contributed by atoms with E-state index in [1.165, 1.54) is 0 Å². The lowest BCUT2D eigenvalue weighted by atomic mass is 10.1. The molecule has 0 atom stereocenters. The van der Waals surface area contributed by atoms with Gasteiger partial charge in [0.25, 0.3) is 0 Å². The average Bonchev–Trinajstić information content (AvgIpc) is 2.17. The van der Waals surface area contributed by atoms with E-state index in [0.29, 0.717) is 0 Å². The molecule has 0 aliphatic rings. The van der Waals surface area contributed by atoms with Gasteiger partial charge in [-0.1, -0.05) is 17.2 Å². The molecular weight excluding hydrogens is 211 g/mol. The first kappa shape index (κ1) is 11.1. The van der Waals surface area contributed by atoms with Gasteiger partial charge in [0.15, 0.2) is 6.29 Å². The minimum Gasteiger partial charge on any atom is -0.298 e. The fourth-order valence-electron chi connectivity index (χ4n) is 1.04. The zero-order chi connectivity index (χ0) is 11.5. The highest BCUT2D eigenvalue weighted by Crippen LogP contribution is 2.37. The Morgan fingerprint density at radius 1 is 1.40 bits per heavy atom. The number of benzene rings is 1. The van der Waals surface area contributed by atoms with Crippen LogP contribution in [0.3, 0.4) is 0 Å². The molecule has 0 aliphatic carbocycles. The first-order chi connectivity index (χ1) is 7.00. The van der Waals surface area contributed by atoms with E-state index in [-0.39, 0.29) is 11.8 Å². The van der Waals surface area contributed by atoms with Crippen molar-refractivity contribution in [2.75, 3.05) is 0 Å². The predicted molar refractivity (Wildman–Crippen MR) is 45.6 cm³/mol. The molecule has 4 nitrogen and oxygen atoms in total. The van der Waals surface area contributed by atoms with Crippen LogP contribution in [0.5, 0.6) is 0 Å². The second kappa shape index (κ2) is 4.02. The molecule has 0 aliphatic heterocycles. The standard InChI is InChI=1S/C8H4F3N3O/c9-8(10,11)6-3-1-2-5(4-15)7(6)13-14-12/h1-4H. The molecule has 0 heterocycles. The van der Waals surface area contributed by atoms with Crippen molar-refractivity contribution < 1.29 is 18.0 Å². The van der Waals surface area contributed by atoms with Crippen LogP contribution in [0, 0.1) is 0 Å². The Kier molecular flexibility index (Phi) is 2.96. The van der Waals surface area contributed by atoms with Crippen LogP contribution >= 0.6 is 0 Å². The number of rotatable bonds is 2. The highest BCUT2D eigenvalue weighted by molar-refractivity contribution is 5.84. The Labute approximate surface area is 82.0 Å². The van der Waals surface area contributed by atoms with Crippen LogP contribution in [0.15, 0.2) is 23.3 Å². The molecule has 1 aromatic rings. The minimum atomic E-state index is -4.65. The number of carbonyl (C=O) groups is 1. The molecule has 0 amide bonds. The molecule has 0 spiro atoms. The van der Waals surface area contributed by atoms with Gasteiger partial charge in [0.05, 0.1) is 11.3 Å². The average molecular weight is 215 g/mol. The monoisotopic (exact) mass is 215 g/mol. The summed E-state index contributed by atoms with van der Waals surface area (Å²) in [6.45, 7) is 0. The van der Waals surface area contributed by atoms with E-state index in [9.17, 15) is 18.0 Å². The van der Waals surface area contributed by atoms with Gasteiger partial charge in [-0.3, -0.25) is 4.79 Å². The summed E-state index contributed by atoms with van der Waals surface area (Å²) in [6.07, 6.45) is -4.44. The second-order valence-electron chi connectivity index (χ2n) is 2.55. The van der Waals surface area contributed by atoms with Crippen molar-refractivity contribution in [2.24, 2.45) is 5.11 Å². The fraction of sp³-hybridized carbons (Fsp3) is 0.125. The maximum atomic E-state index is 12.4. The molecule has 1 rings (SSSR count). The van der Waals surface area contributed by atoms with Crippen molar-refractivity contribution in [1.29, 1.82) is 0 Å². The number of nitrogens with zero attached hydrogens (tertiary/aromatic N) is 3. The van der Waals surface area contributed by atoms with Gasteiger partial charge in [-0.05, 0) is 11.6 Å². The number of aldehydes is 1. The molecule has 7 heteroatoms. The Hall–Kier alpha value is -2.01. The molecule has 0 aromatic heterocycles. The number of halogens is 3. The fourth-order valence-corrected chi connectivity index (χ4v) is 1.04. The number of hydrogen-bond acceptors (Lipinski definition) is 2. The third-order valence-corrected chi connectivity index (χ3v) is 1.64. The summed E-state index contributed by atoms with van der Waals surface area (Å²) in [5.41, 5.74) is 6.00. The van der Waals surface area contributed by atoms with Gasteiger partial charge in [-0.2, -0.15) is 13.2 Å². The van der Waals surface area contributed by atoms with Gasteiger partial charge < -0.3 is 0 Å². The van der Waals surface area contributed by atoms with Crippen molar-refractivity contribution in [3.63, 3.8) is 0 Å². The molecule has 0 saturated heterocycles. The number of hydrogen-bond donors (Lipinski definition) is 0. The second-order valence-corrected chi connectivity index (χ2v) is 2.55. The Balaban J connectivity index is 3.51. The summed E-state index contributed by atoms with van der Waals surface area (Å²) in [5.74, 6) is 0. The van der Waals surface area contributed by atoms with Crippen molar-refractivity contribution in [3.05, 3.63) is 39.8 Å². The van der Waals surface area contributed by atoms with E-state index >= 15 is 0 Å². The lowest BCUT2D eigenvalue weighted by Crippen LogP contribution is -2.06. The molecule has 1 aromatic carbocycles. The molecule has 0 radical (unpaired) electrons. The van der Waals surface area contributed by atoms with Crippen molar-refractivity contribution in [2.45, 2.75) is 6.18 Å². The zero-order valence-electron chi connectivity index (χ0n) is 7.19. The number of azide groups is 1. The van der Waals surface area contributed by atoms with Gasteiger partial charge in [0.2, 0.25) is 0 Å². The normalized spacial score (nSPS) is 10.6. The predicted octanol–water partition coefficient (Wildman–Crippen LogP) is 3.46. The SMILES string of the molecule is [N-]=[N+]=Nc1c(C=O)cccc1C(F)(F)F. The van der Waals surface area contributed by atoms with Crippen LogP contribution in [0.4, 0.5) is 18.9 Å². The van der Waals surface area contributed by atoms with E-state index in [1.807, 2.05) is 0 Å². The van der Waals surface area contributed by atoms with Gasteiger partial charge >= 0.3 is 6.18 Å². The highest BCUT2D eigenvalue weighted by atomic mass is 19.4. The molecule has 0 unspecified atom stereocenters. The molecule has 78 valence electrons. The summed E-state index contributed by atoms with van der Waals surface area (Å²) in [4.78, 5) is 12.7. The third-order valence-electron chi connectivity index (χ3n) is 1.64. The third kappa shape index (κ3) is 2.26. The van der Waals surface area contributed by atoms with Gasteiger partial charge in [0, 0.05) is 10.5 Å². The summed E-state index contributed by atoms with van der Waals surface area (Å²) in [6, 6.07) is 2.96. The highest BCUT2D eigenvalue weighted by Gasteiger charge is 2.33. The smallest absolute Gasteiger partial charge is 0.298 e. The van der Waals surface area contributed by atoms with Crippen molar-refractivity contribution in [3.8, 4) is 0 Å². The largest absolute Gasteiger partial charge is 0.416 e. The summed E-state index contributed by atoms with van der Waals surface area (Å²) < 4.78 is 37.2. The van der Waals surface area contributed by atoms with Gasteiger partial charge in [-0.15, -0.1) is 0 Å². The van der Waals surface area contributed by atoms with Crippen LogP contribution in [0.25, 0.3) is 10.4 Å². The lowest BCUT2D eigenvalue weighted by molar-refractivity contribution is -0.137. The van der Waals surface area contributed by atoms with Crippen LogP contribution in [0.2, 0.25) is 0 Å². The molecule has 0 saturated carbocycles. The van der Waals surface area contributed by atoms with Gasteiger partial charge in [0.1, 0.15) is 0 Å². The van der Waals surface area contributed by atoms with Crippen LogP contribution in [0.1, 0.15) is 15.9 Å². The molecule has 0 fully saturated rings. The van der Waals surface area contributed by atoms with E-state index < -0.39 is 17.4 Å². The zero-order valence-corrected chi connectivity index (χ0v) is 7.19. The van der Waals surface area contributed by atoms with E-state index in [4.69, 9.17) is 5.53 Å². The first-order valence-electron chi connectivity index (χ1n) is 3.71. The molecule has 15 heavy (non-hydrogen) atoms. The Bertz CT molecular complexity index is 435. The summed E-state index contributed by atoms with van der Waals surface area (Å²) in [5, 5.41) is 2.87. The molecular formula is C8H4F3N3O. The Morgan fingerprint density at radius 3 is 2.53 bits per heavy atom. The van der Waals surface area contributed by atoms with Crippen LogP contribution in [-0.4, -0.2) is 6.29 Å². The quantitative estimate of drug-likeness (QED) is 0.322. The topological polar surface area (TPSA) is 65.8 Å². The van der Waals surface area contributed by atoms with Crippen molar-refractivity contribution in [1.82, 2.24) is 0 Å². The van der Waals surface area contributed by atoms with E-state index in [2.05, 4.69) is 10.0 Å². The summed E-state index contributed by atoms with van der Waals surface area (Å²) >= 11 is 0. The number of alkyl halides is 3. The van der Waals surface area contributed by atoms with E-state index in [0.717, 1.165) is 18.2 Å². The van der Waals surface area contributed by atoms with Crippen molar-refractivity contribution >= 4 is 12.0 Å². The number of carbonyl (C=O) groups excluding carboxylic acids is 1. The molecule has 0 N–H and O–H groups in total. The maximum Gasteiger partial charge on any atom is 0.416 e. The van der Waals surface area contributed by atoms with Crippen LogP contribution < -0.4 is 0 Å². The summed E-state index contributed by atoms with van der Waals surface area (Å²) in [7, 11) is 0.